The minimum Gasteiger partial charge on any atom is -0.394 e. The van der Waals surface area contributed by atoms with E-state index in [1.54, 1.807) is 6.33 Å². The Morgan fingerprint density at radius 1 is 1.08 bits per heavy atom. The molecule has 1 aliphatic carbocycles. The first-order valence-electron chi connectivity index (χ1n) is 13.2. The van der Waals surface area contributed by atoms with E-state index in [0.29, 0.717) is 11.2 Å². The summed E-state index contributed by atoms with van der Waals surface area (Å²) in [5.74, 6) is -0.0283. The van der Waals surface area contributed by atoms with Gasteiger partial charge in [-0.25, -0.2) is 4.98 Å². The van der Waals surface area contributed by atoms with E-state index in [4.69, 9.17) is 35.8 Å². The molecule has 0 bridgehead atoms. The smallest absolute Gasteiger partial charge is 0.226 e. The molecule has 0 radical (unpaired) electrons. The SMILES string of the molecule is CC1(C)OC2[C@@H](O1)[C@@H](CO)O[C@H]2n1cnc2c(N3Cc4ccccc4C4(CCCCC4)C3)nc(Cl)nc21. The highest BCUT2D eigenvalue weighted by Gasteiger charge is 2.56. The van der Waals surface area contributed by atoms with Crippen LogP contribution in [-0.2, 0) is 26.2 Å². The second kappa shape index (κ2) is 8.61. The van der Waals surface area contributed by atoms with Crippen molar-refractivity contribution in [2.24, 2.45) is 0 Å². The molecule has 9 nitrogen and oxygen atoms in total. The molecule has 3 aromatic rings. The number of anilines is 1. The Hall–Kier alpha value is -2.30. The maximum Gasteiger partial charge on any atom is 0.226 e. The fourth-order valence-electron chi connectivity index (χ4n) is 7.01. The first-order chi connectivity index (χ1) is 17.9. The monoisotopic (exact) mass is 525 g/mol. The highest BCUT2D eigenvalue weighted by Crippen LogP contribution is 2.47. The van der Waals surface area contributed by atoms with Crippen LogP contribution in [0.3, 0.4) is 0 Å². The van der Waals surface area contributed by atoms with E-state index in [2.05, 4.69) is 34.1 Å². The van der Waals surface area contributed by atoms with E-state index in [1.165, 1.54) is 43.2 Å². The van der Waals surface area contributed by atoms with Crippen molar-refractivity contribution in [2.75, 3.05) is 18.1 Å². The van der Waals surface area contributed by atoms with E-state index in [1.807, 2.05) is 18.4 Å². The Labute approximate surface area is 220 Å². The Balaban J connectivity index is 1.30. The lowest BCUT2D eigenvalue weighted by molar-refractivity contribution is -0.199. The largest absolute Gasteiger partial charge is 0.394 e. The van der Waals surface area contributed by atoms with Crippen LogP contribution in [0.1, 0.15) is 63.3 Å². The third kappa shape index (κ3) is 3.78. The van der Waals surface area contributed by atoms with E-state index < -0.39 is 24.2 Å². The van der Waals surface area contributed by atoms with Crippen LogP contribution in [0.25, 0.3) is 11.2 Å². The average molecular weight is 526 g/mol. The van der Waals surface area contributed by atoms with Gasteiger partial charge in [0.05, 0.1) is 12.9 Å². The van der Waals surface area contributed by atoms with Crippen LogP contribution < -0.4 is 4.90 Å². The molecule has 3 aliphatic heterocycles. The van der Waals surface area contributed by atoms with Gasteiger partial charge in [-0.2, -0.15) is 9.97 Å². The topological polar surface area (TPSA) is 94.8 Å². The van der Waals surface area contributed by atoms with Gasteiger partial charge in [-0.15, -0.1) is 0 Å². The standard InChI is InChI=1S/C27H32ClN5O4/c1-26(2)36-20-18(13-34)35-24(21(20)37-26)33-15-29-19-22(30-25(28)31-23(19)33)32-12-16-8-4-5-9-17(16)27(14-32)10-6-3-7-11-27/h4-5,8-9,15,18,20-21,24,34H,3,6-7,10-14H2,1-2H3/t18-,20+,21?,24-/m1/s1. The van der Waals surface area contributed by atoms with Crippen molar-refractivity contribution in [3.63, 3.8) is 0 Å². The third-order valence-electron chi connectivity index (χ3n) is 8.51. The molecule has 1 aromatic carbocycles. The summed E-state index contributed by atoms with van der Waals surface area (Å²) in [5.41, 5.74) is 4.19. The number of hydrogen-bond donors (Lipinski definition) is 1. The molecule has 5 heterocycles. The van der Waals surface area contributed by atoms with E-state index in [0.717, 1.165) is 18.9 Å². The molecule has 4 atom stereocenters. The maximum atomic E-state index is 9.93. The van der Waals surface area contributed by atoms with Gasteiger partial charge in [-0.1, -0.05) is 43.5 Å². The lowest BCUT2D eigenvalue weighted by Gasteiger charge is -2.47. The second-order valence-corrected chi connectivity index (χ2v) is 11.6. The summed E-state index contributed by atoms with van der Waals surface area (Å²) >= 11 is 6.54. The number of nitrogens with zero attached hydrogens (tertiary/aromatic N) is 5. The summed E-state index contributed by atoms with van der Waals surface area (Å²) in [5, 5.41) is 10.1. The van der Waals surface area contributed by atoms with Crippen molar-refractivity contribution in [3.8, 4) is 0 Å². The van der Waals surface area contributed by atoms with Crippen LogP contribution >= 0.6 is 11.6 Å². The van der Waals surface area contributed by atoms with Gasteiger partial charge in [0, 0.05) is 18.5 Å². The van der Waals surface area contributed by atoms with Crippen molar-refractivity contribution in [3.05, 3.63) is 47.0 Å². The highest BCUT2D eigenvalue weighted by atomic mass is 35.5. The minimum absolute atomic E-state index is 0.107. The zero-order valence-electron chi connectivity index (χ0n) is 21.1. The van der Waals surface area contributed by atoms with Crippen LogP contribution in [0.5, 0.6) is 0 Å². The molecule has 37 heavy (non-hydrogen) atoms. The van der Waals surface area contributed by atoms with Gasteiger partial charge in [-0.05, 0) is 49.4 Å². The molecule has 1 unspecified atom stereocenters. The minimum atomic E-state index is -0.769. The van der Waals surface area contributed by atoms with Crippen molar-refractivity contribution in [1.29, 1.82) is 0 Å². The number of imidazole rings is 1. The molecule has 0 amide bonds. The summed E-state index contributed by atoms with van der Waals surface area (Å²) < 4.78 is 20.3. The molecular formula is C27H32ClN5O4. The van der Waals surface area contributed by atoms with Gasteiger partial charge in [0.15, 0.2) is 29.0 Å². The number of rotatable bonds is 3. The predicted octanol–water partition coefficient (Wildman–Crippen LogP) is 4.11. The van der Waals surface area contributed by atoms with Crippen LogP contribution in [-0.4, -0.2) is 61.9 Å². The van der Waals surface area contributed by atoms with Gasteiger partial charge in [0.1, 0.15) is 18.3 Å². The van der Waals surface area contributed by atoms with E-state index in [-0.39, 0.29) is 23.4 Å². The molecule has 2 saturated heterocycles. The number of ether oxygens (including phenoxy) is 3. The molecule has 2 aromatic heterocycles. The molecular weight excluding hydrogens is 494 g/mol. The summed E-state index contributed by atoms with van der Waals surface area (Å²) in [6, 6.07) is 8.83. The molecule has 7 rings (SSSR count). The summed E-state index contributed by atoms with van der Waals surface area (Å²) in [7, 11) is 0. The van der Waals surface area contributed by atoms with Crippen LogP contribution in [0, 0.1) is 0 Å². The second-order valence-electron chi connectivity index (χ2n) is 11.3. The van der Waals surface area contributed by atoms with Gasteiger partial charge in [0.25, 0.3) is 0 Å². The van der Waals surface area contributed by atoms with Crippen LogP contribution in [0.4, 0.5) is 5.82 Å². The number of aromatic nitrogens is 4. The number of fused-ring (bicyclic) bond motifs is 4. The normalized spacial score (nSPS) is 30.1. The van der Waals surface area contributed by atoms with Crippen molar-refractivity contribution in [2.45, 2.75) is 88.2 Å². The summed E-state index contributed by atoms with van der Waals surface area (Å²) in [6.07, 6.45) is 5.97. The third-order valence-corrected chi connectivity index (χ3v) is 8.68. The number of benzene rings is 1. The molecule has 1 N–H and O–H groups in total. The van der Waals surface area contributed by atoms with E-state index in [9.17, 15) is 5.11 Å². The molecule has 4 aliphatic rings. The van der Waals surface area contributed by atoms with Crippen molar-refractivity contribution < 1.29 is 19.3 Å². The lowest BCUT2D eigenvalue weighted by atomic mass is 9.66. The Kier molecular flexibility index (Phi) is 5.53. The maximum absolute atomic E-state index is 9.93. The lowest BCUT2D eigenvalue weighted by Crippen LogP contribution is -2.47. The molecule has 3 fully saturated rings. The zero-order valence-corrected chi connectivity index (χ0v) is 21.9. The molecule has 1 saturated carbocycles. The fraction of sp³-hybridized carbons (Fsp3) is 0.593. The van der Waals surface area contributed by atoms with Crippen molar-refractivity contribution >= 4 is 28.6 Å². The van der Waals surface area contributed by atoms with Crippen LogP contribution in [0.2, 0.25) is 5.28 Å². The number of aliphatic hydroxyl groups excluding tert-OH is 1. The van der Waals surface area contributed by atoms with Crippen LogP contribution in [0.15, 0.2) is 30.6 Å². The predicted molar refractivity (Wildman–Crippen MR) is 137 cm³/mol. The number of aliphatic hydroxyl groups is 1. The first-order valence-corrected chi connectivity index (χ1v) is 13.6. The molecule has 1 spiro atoms. The van der Waals surface area contributed by atoms with E-state index >= 15 is 0 Å². The fourth-order valence-corrected chi connectivity index (χ4v) is 7.17. The summed E-state index contributed by atoms with van der Waals surface area (Å²) in [4.78, 5) is 16.4. The Morgan fingerprint density at radius 3 is 2.68 bits per heavy atom. The Morgan fingerprint density at radius 2 is 1.86 bits per heavy atom. The number of hydrogen-bond acceptors (Lipinski definition) is 8. The highest BCUT2D eigenvalue weighted by molar-refractivity contribution is 6.28. The number of halogens is 1. The summed E-state index contributed by atoms with van der Waals surface area (Å²) in [6.45, 7) is 5.20. The van der Waals surface area contributed by atoms with Gasteiger partial charge >= 0.3 is 0 Å². The van der Waals surface area contributed by atoms with Gasteiger partial charge in [-0.3, -0.25) is 4.57 Å². The molecule has 10 heteroatoms. The zero-order chi connectivity index (χ0) is 25.4. The quantitative estimate of drug-likeness (QED) is 0.510. The molecule has 196 valence electrons. The average Bonchev–Trinajstić information content (AvgIpc) is 3.54. The van der Waals surface area contributed by atoms with Gasteiger partial charge < -0.3 is 24.2 Å². The van der Waals surface area contributed by atoms with Crippen molar-refractivity contribution in [1.82, 2.24) is 19.5 Å². The van der Waals surface area contributed by atoms with Gasteiger partial charge in [0.2, 0.25) is 5.28 Å². The Bertz CT molecular complexity index is 1340. The first kappa shape index (κ1) is 23.8.